The van der Waals surface area contributed by atoms with Crippen molar-refractivity contribution in [2.45, 2.75) is 33.1 Å². The Balaban J connectivity index is 2.85. The number of hydrogen-bond donors (Lipinski definition) is 0. The van der Waals surface area contributed by atoms with Crippen molar-refractivity contribution in [1.82, 2.24) is 0 Å². The molecule has 0 aromatic heterocycles. The fraction of sp³-hybridized carbons (Fsp3) is 0.600. The summed E-state index contributed by atoms with van der Waals surface area (Å²) in [5.74, 6) is 1.20. The lowest BCUT2D eigenvalue weighted by atomic mass is 9.61. The van der Waals surface area contributed by atoms with Crippen LogP contribution in [0.15, 0.2) is 37.0 Å². The number of alkyl halides is 1. The van der Waals surface area contributed by atoms with E-state index in [0.29, 0.717) is 11.8 Å². The minimum absolute atomic E-state index is 0.231. The first kappa shape index (κ1) is 13.8. The van der Waals surface area contributed by atoms with Gasteiger partial charge in [-0.2, -0.15) is 0 Å². The second kappa shape index (κ2) is 5.35. The Morgan fingerprint density at radius 3 is 2.56 bits per heavy atom. The van der Waals surface area contributed by atoms with Crippen molar-refractivity contribution in [3.05, 3.63) is 37.0 Å². The van der Waals surface area contributed by atoms with Crippen molar-refractivity contribution >= 4 is 15.9 Å². The van der Waals surface area contributed by atoms with Crippen LogP contribution in [0.4, 0.5) is 0 Å². The van der Waals surface area contributed by atoms with E-state index in [9.17, 15) is 0 Å². The molecule has 1 saturated carbocycles. The van der Waals surface area contributed by atoms with Gasteiger partial charge < -0.3 is 0 Å². The largest absolute Gasteiger partial charge is 0.103 e. The Bertz CT molecular complexity index is 303. The van der Waals surface area contributed by atoms with E-state index in [1.54, 1.807) is 0 Å². The zero-order valence-electron chi connectivity index (χ0n) is 10.6. The summed E-state index contributed by atoms with van der Waals surface area (Å²) >= 11 is 3.51. The van der Waals surface area contributed by atoms with E-state index < -0.39 is 0 Å². The van der Waals surface area contributed by atoms with E-state index in [1.807, 2.05) is 0 Å². The fourth-order valence-corrected chi connectivity index (χ4v) is 3.28. The van der Waals surface area contributed by atoms with Crippen LogP contribution in [0.2, 0.25) is 0 Å². The lowest BCUT2D eigenvalue weighted by Gasteiger charge is -2.43. The van der Waals surface area contributed by atoms with Gasteiger partial charge in [0.2, 0.25) is 0 Å². The molecule has 1 rings (SSSR count). The van der Waals surface area contributed by atoms with E-state index in [-0.39, 0.29) is 5.41 Å². The lowest BCUT2D eigenvalue weighted by Crippen LogP contribution is -2.34. The molecule has 0 N–H and O–H groups in total. The highest BCUT2D eigenvalue weighted by Crippen LogP contribution is 2.48. The summed E-state index contributed by atoms with van der Waals surface area (Å²) in [4.78, 5) is 0. The number of halogens is 1. The molecular weight excluding hydrogens is 260 g/mol. The Morgan fingerprint density at radius 2 is 2.12 bits per heavy atom. The maximum atomic E-state index is 4.16. The summed E-state index contributed by atoms with van der Waals surface area (Å²) in [5.41, 5.74) is 2.85. The molecule has 0 aromatic rings. The summed E-state index contributed by atoms with van der Waals surface area (Å²) in [6.45, 7) is 16.8. The van der Waals surface area contributed by atoms with Crippen molar-refractivity contribution in [2.75, 3.05) is 5.33 Å². The molecule has 0 spiro atoms. The Labute approximate surface area is 109 Å². The molecule has 1 aliphatic carbocycles. The average molecular weight is 283 g/mol. The predicted octanol–water partition coefficient (Wildman–Crippen LogP) is 5.12. The van der Waals surface area contributed by atoms with Crippen LogP contribution in [-0.4, -0.2) is 5.33 Å². The van der Waals surface area contributed by atoms with E-state index in [2.05, 4.69) is 55.6 Å². The first-order valence-corrected chi connectivity index (χ1v) is 7.09. The molecule has 0 amide bonds. The molecule has 1 fully saturated rings. The molecule has 0 radical (unpaired) electrons. The van der Waals surface area contributed by atoms with Crippen LogP contribution in [0.3, 0.4) is 0 Å². The summed E-state index contributed by atoms with van der Waals surface area (Å²) < 4.78 is 0. The van der Waals surface area contributed by atoms with Crippen molar-refractivity contribution in [3.63, 3.8) is 0 Å². The molecule has 90 valence electrons. The second-order valence-electron chi connectivity index (χ2n) is 5.37. The third-order valence-corrected chi connectivity index (χ3v) is 4.88. The molecular formula is C15H23Br. The fourth-order valence-electron chi connectivity index (χ4n) is 2.82. The minimum Gasteiger partial charge on any atom is -0.103 e. The zero-order chi connectivity index (χ0) is 12.3. The van der Waals surface area contributed by atoms with Crippen LogP contribution in [-0.2, 0) is 0 Å². The van der Waals surface area contributed by atoms with Gasteiger partial charge in [-0.3, -0.25) is 0 Å². The Kier molecular flexibility index (Phi) is 4.61. The van der Waals surface area contributed by atoms with E-state index in [0.717, 1.165) is 5.33 Å². The molecule has 0 aromatic carbocycles. The third kappa shape index (κ3) is 2.68. The summed E-state index contributed by atoms with van der Waals surface area (Å²) in [6.07, 6.45) is 5.74. The van der Waals surface area contributed by atoms with Gasteiger partial charge >= 0.3 is 0 Å². The molecule has 0 nitrogen and oxygen atoms in total. The third-order valence-electron chi connectivity index (χ3n) is 4.16. The summed E-state index contributed by atoms with van der Waals surface area (Å²) in [6, 6.07) is 0. The van der Waals surface area contributed by atoms with Crippen LogP contribution in [0.1, 0.15) is 33.1 Å². The topological polar surface area (TPSA) is 0 Å². The highest BCUT2D eigenvalue weighted by molar-refractivity contribution is 9.09. The number of allylic oxidation sites excluding steroid dienone is 3. The van der Waals surface area contributed by atoms with E-state index in [4.69, 9.17) is 0 Å². The molecule has 3 atom stereocenters. The maximum absolute atomic E-state index is 4.16. The smallest absolute Gasteiger partial charge is 0.0241 e. The standard InChI is InChI=1S/C15H23Br/c1-6-15(5)8-7-13(12(4)10-16)9-14(15)11(2)3/h6,13-14H,1-2,4,7-10H2,3,5H3. The molecule has 0 aliphatic heterocycles. The van der Waals surface area contributed by atoms with Gasteiger partial charge in [0, 0.05) is 5.33 Å². The van der Waals surface area contributed by atoms with Gasteiger partial charge in [0.25, 0.3) is 0 Å². The SMILES string of the molecule is C=CC1(C)CCC(C(=C)CBr)CC1C(=C)C. The van der Waals surface area contributed by atoms with Crippen LogP contribution in [0.25, 0.3) is 0 Å². The van der Waals surface area contributed by atoms with Crippen LogP contribution >= 0.6 is 15.9 Å². The number of hydrogen-bond acceptors (Lipinski definition) is 0. The maximum Gasteiger partial charge on any atom is 0.0241 e. The van der Waals surface area contributed by atoms with Gasteiger partial charge in [0.05, 0.1) is 0 Å². The molecule has 0 saturated heterocycles. The Morgan fingerprint density at radius 1 is 1.50 bits per heavy atom. The minimum atomic E-state index is 0.231. The number of rotatable bonds is 4. The van der Waals surface area contributed by atoms with Gasteiger partial charge in [-0.05, 0) is 43.4 Å². The first-order valence-electron chi connectivity index (χ1n) is 5.97. The zero-order valence-corrected chi connectivity index (χ0v) is 12.1. The molecule has 0 heterocycles. The lowest BCUT2D eigenvalue weighted by molar-refractivity contribution is 0.170. The molecule has 0 bridgehead atoms. The average Bonchev–Trinajstić information content (AvgIpc) is 2.28. The molecule has 16 heavy (non-hydrogen) atoms. The normalized spacial score (nSPS) is 34.4. The molecule has 1 heteroatoms. The van der Waals surface area contributed by atoms with Crippen molar-refractivity contribution in [1.29, 1.82) is 0 Å². The predicted molar refractivity (Wildman–Crippen MR) is 76.9 cm³/mol. The molecule has 1 aliphatic rings. The highest BCUT2D eigenvalue weighted by atomic mass is 79.9. The van der Waals surface area contributed by atoms with Crippen LogP contribution < -0.4 is 0 Å². The van der Waals surface area contributed by atoms with E-state index >= 15 is 0 Å². The first-order chi connectivity index (χ1) is 7.44. The van der Waals surface area contributed by atoms with E-state index in [1.165, 1.54) is 30.4 Å². The summed E-state index contributed by atoms with van der Waals surface area (Å²) in [5, 5.41) is 0.922. The monoisotopic (exact) mass is 282 g/mol. The van der Waals surface area contributed by atoms with Crippen molar-refractivity contribution < 1.29 is 0 Å². The molecule has 3 unspecified atom stereocenters. The van der Waals surface area contributed by atoms with Gasteiger partial charge in [-0.15, -0.1) is 6.58 Å². The summed E-state index contributed by atoms with van der Waals surface area (Å²) in [7, 11) is 0. The van der Waals surface area contributed by atoms with Crippen LogP contribution in [0, 0.1) is 17.3 Å². The van der Waals surface area contributed by atoms with Gasteiger partial charge in [-0.1, -0.05) is 53.2 Å². The van der Waals surface area contributed by atoms with Crippen LogP contribution in [0.5, 0.6) is 0 Å². The van der Waals surface area contributed by atoms with Gasteiger partial charge in [0.15, 0.2) is 0 Å². The van der Waals surface area contributed by atoms with Gasteiger partial charge in [0.1, 0.15) is 0 Å². The Hall–Kier alpha value is -0.300. The highest BCUT2D eigenvalue weighted by Gasteiger charge is 2.38. The van der Waals surface area contributed by atoms with Crippen molar-refractivity contribution in [3.8, 4) is 0 Å². The van der Waals surface area contributed by atoms with Gasteiger partial charge in [-0.25, -0.2) is 0 Å². The van der Waals surface area contributed by atoms with Crippen molar-refractivity contribution in [2.24, 2.45) is 17.3 Å². The quantitative estimate of drug-likeness (QED) is 0.496. The second-order valence-corrected chi connectivity index (χ2v) is 5.93.